The zero-order valence-corrected chi connectivity index (χ0v) is 14.4. The Labute approximate surface area is 134 Å². The summed E-state index contributed by atoms with van der Waals surface area (Å²) in [6.45, 7) is 6.70. The smallest absolute Gasteiger partial charge is 0.258 e. The summed E-state index contributed by atoms with van der Waals surface area (Å²) < 4.78 is 6.63. The molecule has 5 heteroatoms. The van der Waals surface area contributed by atoms with Crippen LogP contribution in [0.2, 0.25) is 0 Å². The van der Waals surface area contributed by atoms with Gasteiger partial charge in [-0.05, 0) is 57.4 Å². The van der Waals surface area contributed by atoms with Gasteiger partial charge in [-0.25, -0.2) is 0 Å². The van der Waals surface area contributed by atoms with Gasteiger partial charge in [0.2, 0.25) is 0 Å². The Bertz CT molecular complexity index is 507. The SMILES string of the molecule is CC(C)(C)NC(=O)COc1ccc(Br)c(CNC2CC2)c1. The second kappa shape index (κ2) is 6.79. The molecule has 116 valence electrons. The van der Waals surface area contributed by atoms with Crippen LogP contribution in [0.3, 0.4) is 0 Å². The fourth-order valence-corrected chi connectivity index (χ4v) is 2.31. The number of rotatable bonds is 6. The molecule has 1 aromatic rings. The average molecular weight is 355 g/mol. The molecule has 1 amide bonds. The Hall–Kier alpha value is -1.07. The average Bonchev–Trinajstić information content (AvgIpc) is 3.18. The van der Waals surface area contributed by atoms with E-state index in [1.807, 2.05) is 39.0 Å². The van der Waals surface area contributed by atoms with E-state index < -0.39 is 0 Å². The monoisotopic (exact) mass is 354 g/mol. The Kier molecular flexibility index (Phi) is 5.27. The fraction of sp³-hybridized carbons (Fsp3) is 0.562. The van der Waals surface area contributed by atoms with Crippen molar-refractivity contribution >= 4 is 21.8 Å². The number of hydrogen-bond donors (Lipinski definition) is 2. The Morgan fingerprint density at radius 2 is 2.10 bits per heavy atom. The predicted molar refractivity (Wildman–Crippen MR) is 87.4 cm³/mol. The first kappa shape index (κ1) is 16.3. The standard InChI is InChI=1S/C16H23BrN2O2/c1-16(2,3)19-15(20)10-21-13-6-7-14(17)11(8-13)9-18-12-4-5-12/h6-8,12,18H,4-5,9-10H2,1-3H3,(H,19,20). The summed E-state index contributed by atoms with van der Waals surface area (Å²) >= 11 is 3.55. The number of carbonyl (C=O) groups is 1. The lowest BCUT2D eigenvalue weighted by Gasteiger charge is -2.20. The van der Waals surface area contributed by atoms with Crippen LogP contribution in [0.5, 0.6) is 5.75 Å². The lowest BCUT2D eigenvalue weighted by molar-refractivity contribution is -0.124. The van der Waals surface area contributed by atoms with E-state index in [0.717, 1.165) is 22.3 Å². The van der Waals surface area contributed by atoms with Gasteiger partial charge in [-0.15, -0.1) is 0 Å². The predicted octanol–water partition coefficient (Wildman–Crippen LogP) is 2.99. The van der Waals surface area contributed by atoms with E-state index in [4.69, 9.17) is 4.74 Å². The summed E-state index contributed by atoms with van der Waals surface area (Å²) in [4.78, 5) is 11.7. The molecule has 0 aliphatic heterocycles. The summed E-state index contributed by atoms with van der Waals surface area (Å²) in [5, 5.41) is 6.35. The minimum Gasteiger partial charge on any atom is -0.484 e. The lowest BCUT2D eigenvalue weighted by atomic mass is 10.1. The second-order valence-electron chi connectivity index (χ2n) is 6.50. The molecule has 0 heterocycles. The molecule has 0 radical (unpaired) electrons. The van der Waals surface area contributed by atoms with Gasteiger partial charge in [-0.1, -0.05) is 15.9 Å². The molecule has 0 unspecified atom stereocenters. The second-order valence-corrected chi connectivity index (χ2v) is 7.35. The zero-order valence-electron chi connectivity index (χ0n) is 12.8. The van der Waals surface area contributed by atoms with Crippen molar-refractivity contribution in [2.45, 2.75) is 51.7 Å². The van der Waals surface area contributed by atoms with E-state index in [9.17, 15) is 4.79 Å². The molecule has 0 bridgehead atoms. The number of halogens is 1. The molecular formula is C16H23BrN2O2. The quantitative estimate of drug-likeness (QED) is 0.825. The van der Waals surface area contributed by atoms with Crippen molar-refractivity contribution in [1.29, 1.82) is 0 Å². The number of hydrogen-bond acceptors (Lipinski definition) is 3. The largest absolute Gasteiger partial charge is 0.484 e. The van der Waals surface area contributed by atoms with E-state index in [1.165, 1.54) is 12.8 Å². The van der Waals surface area contributed by atoms with Gasteiger partial charge in [-0.2, -0.15) is 0 Å². The van der Waals surface area contributed by atoms with Crippen LogP contribution >= 0.6 is 15.9 Å². The minimum atomic E-state index is -0.237. The lowest BCUT2D eigenvalue weighted by Crippen LogP contribution is -2.43. The Balaban J connectivity index is 1.87. The Morgan fingerprint density at radius 1 is 1.38 bits per heavy atom. The zero-order chi connectivity index (χ0) is 15.5. The van der Waals surface area contributed by atoms with Gasteiger partial charge in [0.15, 0.2) is 6.61 Å². The summed E-state index contributed by atoms with van der Waals surface area (Å²) in [5.41, 5.74) is 0.912. The first-order chi connectivity index (χ1) is 9.83. The molecular weight excluding hydrogens is 332 g/mol. The maximum Gasteiger partial charge on any atom is 0.258 e. The molecule has 2 rings (SSSR count). The number of ether oxygens (including phenoxy) is 1. The van der Waals surface area contributed by atoms with Crippen LogP contribution in [-0.4, -0.2) is 24.1 Å². The molecule has 0 atom stereocenters. The summed E-state index contributed by atoms with van der Waals surface area (Å²) in [6.07, 6.45) is 2.53. The molecule has 1 aliphatic rings. The molecule has 2 N–H and O–H groups in total. The summed E-state index contributed by atoms with van der Waals surface area (Å²) in [7, 11) is 0. The third kappa shape index (κ3) is 6.06. The van der Waals surface area contributed by atoms with Crippen LogP contribution in [0, 0.1) is 0 Å². The van der Waals surface area contributed by atoms with Gasteiger partial charge in [0.1, 0.15) is 5.75 Å². The Morgan fingerprint density at radius 3 is 2.71 bits per heavy atom. The molecule has 1 aliphatic carbocycles. The van der Waals surface area contributed by atoms with E-state index in [1.54, 1.807) is 0 Å². The van der Waals surface area contributed by atoms with E-state index in [0.29, 0.717) is 6.04 Å². The van der Waals surface area contributed by atoms with Crippen LogP contribution in [0.25, 0.3) is 0 Å². The maximum absolute atomic E-state index is 11.7. The number of carbonyl (C=O) groups excluding carboxylic acids is 1. The third-order valence-corrected chi connectivity index (χ3v) is 3.83. The van der Waals surface area contributed by atoms with Crippen LogP contribution in [0.15, 0.2) is 22.7 Å². The normalized spacial score (nSPS) is 14.9. The van der Waals surface area contributed by atoms with Crippen LogP contribution in [0.1, 0.15) is 39.2 Å². The number of benzene rings is 1. The molecule has 0 saturated heterocycles. The van der Waals surface area contributed by atoms with Gasteiger partial charge in [0, 0.05) is 22.6 Å². The highest BCUT2D eigenvalue weighted by Gasteiger charge is 2.20. The van der Waals surface area contributed by atoms with Crippen molar-refractivity contribution in [3.8, 4) is 5.75 Å². The molecule has 4 nitrogen and oxygen atoms in total. The summed E-state index contributed by atoms with van der Waals surface area (Å²) in [6, 6.07) is 6.47. The first-order valence-corrected chi connectivity index (χ1v) is 8.08. The topological polar surface area (TPSA) is 50.4 Å². The highest BCUT2D eigenvalue weighted by molar-refractivity contribution is 9.10. The van der Waals surface area contributed by atoms with Crippen molar-refractivity contribution in [1.82, 2.24) is 10.6 Å². The fourth-order valence-electron chi connectivity index (χ4n) is 1.92. The highest BCUT2D eigenvalue weighted by Crippen LogP contribution is 2.25. The molecule has 1 saturated carbocycles. The van der Waals surface area contributed by atoms with Crippen molar-refractivity contribution in [3.05, 3.63) is 28.2 Å². The third-order valence-electron chi connectivity index (χ3n) is 3.06. The van der Waals surface area contributed by atoms with E-state index in [-0.39, 0.29) is 18.1 Å². The highest BCUT2D eigenvalue weighted by atomic mass is 79.9. The molecule has 1 fully saturated rings. The van der Waals surface area contributed by atoms with Gasteiger partial charge < -0.3 is 15.4 Å². The minimum absolute atomic E-state index is 0.0361. The van der Waals surface area contributed by atoms with Crippen molar-refractivity contribution in [2.75, 3.05) is 6.61 Å². The maximum atomic E-state index is 11.7. The molecule has 0 aromatic heterocycles. The van der Waals surface area contributed by atoms with Crippen molar-refractivity contribution < 1.29 is 9.53 Å². The molecule has 1 aromatic carbocycles. The van der Waals surface area contributed by atoms with Gasteiger partial charge >= 0.3 is 0 Å². The van der Waals surface area contributed by atoms with Gasteiger partial charge in [0.25, 0.3) is 5.91 Å². The van der Waals surface area contributed by atoms with Crippen LogP contribution in [-0.2, 0) is 11.3 Å². The number of amides is 1. The van der Waals surface area contributed by atoms with E-state index >= 15 is 0 Å². The van der Waals surface area contributed by atoms with Gasteiger partial charge in [-0.3, -0.25) is 4.79 Å². The van der Waals surface area contributed by atoms with Crippen LogP contribution in [0.4, 0.5) is 0 Å². The van der Waals surface area contributed by atoms with Crippen LogP contribution < -0.4 is 15.4 Å². The first-order valence-electron chi connectivity index (χ1n) is 7.29. The van der Waals surface area contributed by atoms with Crippen molar-refractivity contribution in [3.63, 3.8) is 0 Å². The van der Waals surface area contributed by atoms with Gasteiger partial charge in [0.05, 0.1) is 0 Å². The summed E-state index contributed by atoms with van der Waals surface area (Å²) in [5.74, 6) is 0.609. The molecule has 0 spiro atoms. The number of nitrogens with one attached hydrogen (secondary N) is 2. The van der Waals surface area contributed by atoms with Crippen molar-refractivity contribution in [2.24, 2.45) is 0 Å². The molecule has 21 heavy (non-hydrogen) atoms. The van der Waals surface area contributed by atoms with E-state index in [2.05, 4.69) is 26.6 Å².